The molecule has 19 heavy (non-hydrogen) atoms. The van der Waals surface area contributed by atoms with Crippen molar-refractivity contribution in [1.82, 2.24) is 9.78 Å². The zero-order chi connectivity index (χ0) is 13.6. The van der Waals surface area contributed by atoms with E-state index in [1.807, 2.05) is 19.2 Å². The Kier molecular flexibility index (Phi) is 3.07. The number of aryl methyl sites for hydroxylation is 1. The molecule has 4 nitrogen and oxygen atoms in total. The van der Waals surface area contributed by atoms with Crippen LogP contribution in [0.25, 0.3) is 0 Å². The Morgan fingerprint density at radius 3 is 2.84 bits per heavy atom. The molecule has 2 heterocycles. The summed E-state index contributed by atoms with van der Waals surface area (Å²) in [5.74, 6) is 1.63. The highest BCUT2D eigenvalue weighted by molar-refractivity contribution is 6.36. The number of anilines is 3. The lowest BCUT2D eigenvalue weighted by Gasteiger charge is -2.28. The molecule has 1 aliphatic rings. The van der Waals surface area contributed by atoms with E-state index in [0.29, 0.717) is 10.0 Å². The summed E-state index contributed by atoms with van der Waals surface area (Å²) in [6.45, 7) is 0.880. The number of rotatable bonds is 1. The molecule has 0 fully saturated rings. The second-order valence-corrected chi connectivity index (χ2v) is 5.51. The van der Waals surface area contributed by atoms with Crippen LogP contribution in [-0.4, -0.2) is 16.3 Å². The van der Waals surface area contributed by atoms with Gasteiger partial charge in [-0.3, -0.25) is 4.68 Å². The third-order valence-corrected chi connectivity index (χ3v) is 3.97. The van der Waals surface area contributed by atoms with Gasteiger partial charge < -0.3 is 10.6 Å². The number of fused-ring (bicyclic) bond motifs is 1. The lowest BCUT2D eigenvalue weighted by atomic mass is 10.1. The van der Waals surface area contributed by atoms with E-state index < -0.39 is 0 Å². The Morgan fingerprint density at radius 1 is 1.32 bits per heavy atom. The summed E-state index contributed by atoms with van der Waals surface area (Å²) in [7, 11) is 1.86. The third-order valence-electron chi connectivity index (χ3n) is 3.44. The summed E-state index contributed by atoms with van der Waals surface area (Å²) in [6.07, 6.45) is 1.98. The van der Waals surface area contributed by atoms with Crippen LogP contribution in [0, 0.1) is 0 Å². The Balaban J connectivity index is 2.11. The molecule has 0 saturated heterocycles. The van der Waals surface area contributed by atoms with Gasteiger partial charge in [0.1, 0.15) is 5.82 Å². The van der Waals surface area contributed by atoms with Crippen LogP contribution in [0.2, 0.25) is 10.0 Å². The number of aromatic nitrogens is 2. The minimum atomic E-state index is 0.629. The van der Waals surface area contributed by atoms with Crippen molar-refractivity contribution in [2.24, 2.45) is 7.05 Å². The largest absolute Gasteiger partial charge is 0.384 e. The Morgan fingerprint density at radius 2 is 2.11 bits per heavy atom. The van der Waals surface area contributed by atoms with Gasteiger partial charge in [0.2, 0.25) is 0 Å². The summed E-state index contributed by atoms with van der Waals surface area (Å²) in [5, 5.41) is 5.76. The van der Waals surface area contributed by atoms with Gasteiger partial charge in [0, 0.05) is 24.2 Å². The second-order valence-electron chi connectivity index (χ2n) is 4.66. The number of nitrogens with two attached hydrogens (primary N) is 1. The first-order valence-electron chi connectivity index (χ1n) is 6.12. The van der Waals surface area contributed by atoms with Crippen molar-refractivity contribution in [2.75, 3.05) is 17.2 Å². The molecule has 6 heteroatoms. The number of benzene rings is 1. The number of halogens is 2. The Bertz CT molecular complexity index is 636. The Hall–Kier alpha value is -1.39. The van der Waals surface area contributed by atoms with E-state index in [-0.39, 0.29) is 0 Å². The summed E-state index contributed by atoms with van der Waals surface area (Å²) in [5.41, 5.74) is 8.06. The molecule has 0 amide bonds. The predicted octanol–water partition coefficient (Wildman–Crippen LogP) is 3.39. The van der Waals surface area contributed by atoms with E-state index in [4.69, 9.17) is 28.9 Å². The first-order chi connectivity index (χ1) is 9.08. The van der Waals surface area contributed by atoms with Crippen LogP contribution < -0.4 is 10.6 Å². The molecule has 3 rings (SSSR count). The minimum Gasteiger partial charge on any atom is -0.384 e. The topological polar surface area (TPSA) is 47.1 Å². The predicted molar refractivity (Wildman–Crippen MR) is 79.4 cm³/mol. The smallest absolute Gasteiger partial charge is 0.160 e. The SMILES string of the molecule is Cn1nc2c(c1N)CCCN2c1ccc(Cl)cc1Cl. The van der Waals surface area contributed by atoms with Gasteiger partial charge in [0.15, 0.2) is 5.82 Å². The van der Waals surface area contributed by atoms with Crippen LogP contribution >= 0.6 is 23.2 Å². The summed E-state index contributed by atoms with van der Waals surface area (Å²) in [4.78, 5) is 2.11. The molecule has 0 atom stereocenters. The van der Waals surface area contributed by atoms with E-state index >= 15 is 0 Å². The van der Waals surface area contributed by atoms with Crippen molar-refractivity contribution in [3.05, 3.63) is 33.8 Å². The first kappa shape index (κ1) is 12.6. The summed E-state index contributed by atoms with van der Waals surface area (Å²) < 4.78 is 1.72. The van der Waals surface area contributed by atoms with Crippen LogP contribution in [-0.2, 0) is 13.5 Å². The molecule has 0 aliphatic carbocycles. The van der Waals surface area contributed by atoms with Crippen molar-refractivity contribution < 1.29 is 0 Å². The van der Waals surface area contributed by atoms with Gasteiger partial charge in [-0.1, -0.05) is 23.2 Å². The van der Waals surface area contributed by atoms with Crippen LogP contribution in [0.4, 0.5) is 17.3 Å². The van der Waals surface area contributed by atoms with Gasteiger partial charge >= 0.3 is 0 Å². The van der Waals surface area contributed by atoms with Crippen LogP contribution in [0.5, 0.6) is 0 Å². The average molecular weight is 297 g/mol. The van der Waals surface area contributed by atoms with Gasteiger partial charge in [0.25, 0.3) is 0 Å². The van der Waals surface area contributed by atoms with Crippen LogP contribution in [0.1, 0.15) is 12.0 Å². The second kappa shape index (κ2) is 4.62. The Labute approximate surface area is 121 Å². The molecule has 0 bridgehead atoms. The lowest BCUT2D eigenvalue weighted by molar-refractivity contribution is 0.744. The maximum absolute atomic E-state index is 6.28. The number of nitrogens with zero attached hydrogens (tertiary/aromatic N) is 3. The average Bonchev–Trinajstić information content (AvgIpc) is 2.66. The van der Waals surface area contributed by atoms with Crippen molar-refractivity contribution in [2.45, 2.75) is 12.8 Å². The molecule has 0 spiro atoms. The monoisotopic (exact) mass is 296 g/mol. The van der Waals surface area contributed by atoms with Crippen LogP contribution in [0.15, 0.2) is 18.2 Å². The summed E-state index contributed by atoms with van der Waals surface area (Å²) >= 11 is 12.2. The van der Waals surface area contributed by atoms with E-state index in [1.165, 1.54) is 0 Å². The van der Waals surface area contributed by atoms with Crippen molar-refractivity contribution in [1.29, 1.82) is 0 Å². The van der Waals surface area contributed by atoms with E-state index in [2.05, 4.69) is 10.00 Å². The zero-order valence-electron chi connectivity index (χ0n) is 10.5. The van der Waals surface area contributed by atoms with Crippen molar-refractivity contribution in [3.63, 3.8) is 0 Å². The van der Waals surface area contributed by atoms with Gasteiger partial charge in [-0.15, -0.1) is 0 Å². The van der Waals surface area contributed by atoms with E-state index in [0.717, 1.165) is 42.3 Å². The molecule has 1 aromatic heterocycles. The van der Waals surface area contributed by atoms with Gasteiger partial charge in [-0.25, -0.2) is 0 Å². The standard InChI is InChI=1S/C13H14Cl2N4/c1-18-12(16)9-3-2-6-19(13(9)17-18)11-5-4-8(14)7-10(11)15/h4-5,7H,2-3,6,16H2,1H3. The van der Waals surface area contributed by atoms with Gasteiger partial charge in [-0.05, 0) is 31.0 Å². The van der Waals surface area contributed by atoms with Crippen molar-refractivity contribution in [3.8, 4) is 0 Å². The molecule has 0 saturated carbocycles. The lowest BCUT2D eigenvalue weighted by Crippen LogP contribution is -2.24. The molecule has 0 radical (unpaired) electrons. The minimum absolute atomic E-state index is 0.629. The van der Waals surface area contributed by atoms with Crippen LogP contribution in [0.3, 0.4) is 0 Å². The molecule has 0 unspecified atom stereocenters. The maximum Gasteiger partial charge on any atom is 0.160 e. The molecule has 2 aromatic rings. The molecule has 2 N–H and O–H groups in total. The number of hydrogen-bond donors (Lipinski definition) is 1. The molecular formula is C13H14Cl2N4. The third kappa shape index (κ3) is 2.05. The molecule has 100 valence electrons. The summed E-state index contributed by atoms with van der Waals surface area (Å²) in [6, 6.07) is 5.51. The zero-order valence-corrected chi connectivity index (χ0v) is 12.0. The van der Waals surface area contributed by atoms with E-state index in [9.17, 15) is 0 Å². The number of nitrogen functional groups attached to an aromatic ring is 1. The first-order valence-corrected chi connectivity index (χ1v) is 6.87. The van der Waals surface area contributed by atoms with Crippen molar-refractivity contribution >= 4 is 40.5 Å². The number of hydrogen-bond acceptors (Lipinski definition) is 3. The fourth-order valence-electron chi connectivity index (χ4n) is 2.48. The fourth-order valence-corrected chi connectivity index (χ4v) is 2.99. The highest BCUT2D eigenvalue weighted by Gasteiger charge is 2.25. The van der Waals surface area contributed by atoms with E-state index in [1.54, 1.807) is 10.7 Å². The van der Waals surface area contributed by atoms with Gasteiger partial charge in [0.05, 0.1) is 10.7 Å². The quantitative estimate of drug-likeness (QED) is 0.877. The molecule has 1 aliphatic heterocycles. The normalized spacial score (nSPS) is 14.6. The van der Waals surface area contributed by atoms with Gasteiger partial charge in [-0.2, -0.15) is 5.10 Å². The molecule has 1 aromatic carbocycles. The molecular weight excluding hydrogens is 283 g/mol. The highest BCUT2D eigenvalue weighted by atomic mass is 35.5. The fraction of sp³-hybridized carbons (Fsp3) is 0.308. The highest BCUT2D eigenvalue weighted by Crippen LogP contribution is 2.39. The maximum atomic E-state index is 6.28.